The number of nitrogens with zero attached hydrogens (tertiary/aromatic N) is 2. The van der Waals surface area contributed by atoms with Gasteiger partial charge >= 0.3 is 0 Å². The van der Waals surface area contributed by atoms with Crippen LogP contribution in [0.2, 0.25) is 0 Å². The molecule has 0 aromatic heterocycles. The second kappa shape index (κ2) is 9.94. The predicted octanol–water partition coefficient (Wildman–Crippen LogP) is -0.150. The Balaban J connectivity index is 2.28. The summed E-state index contributed by atoms with van der Waals surface area (Å²) in [4.78, 5) is 4.60. The third-order valence-electron chi connectivity index (χ3n) is 4.05. The molecule has 5 N–H and O–H groups in total. The Bertz CT molecular complexity index is 304. The summed E-state index contributed by atoms with van der Waals surface area (Å²) in [5.41, 5.74) is 9.03. The quantitative estimate of drug-likeness (QED) is 0.164. The minimum Gasteiger partial charge on any atom is -0.383 e. The largest absolute Gasteiger partial charge is 0.383 e. The van der Waals surface area contributed by atoms with Crippen molar-refractivity contribution < 1.29 is 4.74 Å². The molecule has 0 spiro atoms. The summed E-state index contributed by atoms with van der Waals surface area (Å²) in [6, 6.07) is 0.931. The molecule has 124 valence electrons. The van der Waals surface area contributed by atoms with Gasteiger partial charge < -0.3 is 21.1 Å². The van der Waals surface area contributed by atoms with Crippen molar-refractivity contribution in [3.05, 3.63) is 0 Å². The van der Waals surface area contributed by atoms with Crippen LogP contribution in [0, 0.1) is 0 Å². The monoisotopic (exact) mass is 300 g/mol. The van der Waals surface area contributed by atoms with Crippen LogP contribution in [-0.4, -0.2) is 63.6 Å². The van der Waals surface area contributed by atoms with E-state index in [1.165, 1.54) is 0 Å². The van der Waals surface area contributed by atoms with E-state index in [1.807, 2.05) is 26.0 Å². The number of hydrogen-bond donors (Lipinski definition) is 4. The van der Waals surface area contributed by atoms with Gasteiger partial charge in [0.2, 0.25) is 0 Å². The molecule has 0 saturated heterocycles. The molecule has 0 radical (unpaired) electrons. The van der Waals surface area contributed by atoms with Crippen molar-refractivity contribution in [3.8, 4) is 0 Å². The van der Waals surface area contributed by atoms with Gasteiger partial charge in [-0.25, -0.2) is 5.01 Å². The summed E-state index contributed by atoms with van der Waals surface area (Å²) in [7, 11) is 5.57. The fourth-order valence-electron chi connectivity index (χ4n) is 2.51. The van der Waals surface area contributed by atoms with Gasteiger partial charge in [-0.3, -0.25) is 10.4 Å². The average Bonchev–Trinajstić information content (AvgIpc) is 2.48. The molecule has 0 aliphatic heterocycles. The zero-order valence-electron chi connectivity index (χ0n) is 13.9. The molecular weight excluding hydrogens is 268 g/mol. The number of methoxy groups -OCH3 is 1. The van der Waals surface area contributed by atoms with E-state index >= 15 is 0 Å². The first-order chi connectivity index (χ1) is 10.1. The van der Waals surface area contributed by atoms with E-state index in [1.54, 1.807) is 7.11 Å². The minimum atomic E-state index is 0.103. The van der Waals surface area contributed by atoms with Crippen LogP contribution in [0.15, 0.2) is 4.99 Å². The van der Waals surface area contributed by atoms with Gasteiger partial charge in [-0.2, -0.15) is 0 Å². The Kier molecular flexibility index (Phi) is 8.60. The molecule has 1 fully saturated rings. The molecule has 0 aromatic rings. The van der Waals surface area contributed by atoms with Crippen LogP contribution >= 0.6 is 0 Å². The SMILES string of the molecule is CNN(C)C(C)NC(N)=NC1CCC(NCCOC)CC1. The Labute approximate surface area is 128 Å². The van der Waals surface area contributed by atoms with Crippen LogP contribution in [-0.2, 0) is 4.74 Å². The van der Waals surface area contributed by atoms with Crippen molar-refractivity contribution in [1.29, 1.82) is 0 Å². The summed E-state index contributed by atoms with van der Waals surface area (Å²) in [6.07, 6.45) is 4.58. The number of aliphatic imine (C=N–C) groups is 1. The molecule has 0 aromatic carbocycles. The third-order valence-corrected chi connectivity index (χ3v) is 4.05. The molecule has 0 bridgehead atoms. The summed E-state index contributed by atoms with van der Waals surface area (Å²) >= 11 is 0. The van der Waals surface area contributed by atoms with Crippen LogP contribution in [0.1, 0.15) is 32.6 Å². The van der Waals surface area contributed by atoms with E-state index in [4.69, 9.17) is 10.5 Å². The highest BCUT2D eigenvalue weighted by Gasteiger charge is 2.20. The maximum atomic E-state index is 5.98. The fourth-order valence-corrected chi connectivity index (χ4v) is 2.51. The number of hydrazine groups is 1. The van der Waals surface area contributed by atoms with Gasteiger partial charge in [0.25, 0.3) is 0 Å². The lowest BCUT2D eigenvalue weighted by atomic mass is 9.91. The van der Waals surface area contributed by atoms with Gasteiger partial charge in [-0.05, 0) is 39.7 Å². The molecule has 1 rings (SSSR count). The molecule has 1 unspecified atom stereocenters. The molecule has 1 atom stereocenters. The van der Waals surface area contributed by atoms with Gasteiger partial charge in [0.15, 0.2) is 5.96 Å². The van der Waals surface area contributed by atoms with Gasteiger partial charge in [-0.1, -0.05) is 0 Å². The third kappa shape index (κ3) is 7.08. The van der Waals surface area contributed by atoms with Crippen LogP contribution < -0.4 is 21.8 Å². The number of nitrogens with two attached hydrogens (primary N) is 1. The van der Waals surface area contributed by atoms with Crippen LogP contribution in [0.5, 0.6) is 0 Å². The number of rotatable bonds is 8. The summed E-state index contributed by atoms with van der Waals surface area (Å²) in [5.74, 6) is 0.528. The Morgan fingerprint density at radius 1 is 1.38 bits per heavy atom. The average molecular weight is 300 g/mol. The summed E-state index contributed by atoms with van der Waals surface area (Å²) in [6.45, 7) is 3.73. The molecule has 7 heteroatoms. The number of ether oxygens (including phenoxy) is 1. The number of guanidine groups is 1. The van der Waals surface area contributed by atoms with Crippen molar-refractivity contribution in [2.24, 2.45) is 10.7 Å². The first-order valence-corrected chi connectivity index (χ1v) is 7.79. The van der Waals surface area contributed by atoms with Gasteiger partial charge in [0.05, 0.1) is 18.8 Å². The minimum absolute atomic E-state index is 0.103. The van der Waals surface area contributed by atoms with Crippen LogP contribution in [0.3, 0.4) is 0 Å². The topological polar surface area (TPSA) is 86.9 Å². The maximum Gasteiger partial charge on any atom is 0.190 e. The summed E-state index contributed by atoms with van der Waals surface area (Å²) < 4.78 is 5.05. The zero-order chi connectivity index (χ0) is 15.7. The Morgan fingerprint density at radius 3 is 2.62 bits per heavy atom. The molecule has 7 nitrogen and oxygen atoms in total. The van der Waals surface area contributed by atoms with E-state index in [0.717, 1.165) is 38.8 Å². The Hall–Kier alpha value is -0.890. The van der Waals surface area contributed by atoms with Crippen molar-refractivity contribution in [3.63, 3.8) is 0 Å². The van der Waals surface area contributed by atoms with E-state index in [9.17, 15) is 0 Å². The highest BCUT2D eigenvalue weighted by molar-refractivity contribution is 5.78. The van der Waals surface area contributed by atoms with Crippen molar-refractivity contribution >= 4 is 5.96 Å². The normalized spacial score (nSPS) is 25.1. The second-order valence-corrected chi connectivity index (χ2v) is 5.62. The van der Waals surface area contributed by atoms with E-state index < -0.39 is 0 Å². The fraction of sp³-hybridized carbons (Fsp3) is 0.929. The van der Waals surface area contributed by atoms with Crippen molar-refractivity contribution in [2.75, 3.05) is 34.4 Å². The molecule has 0 heterocycles. The molecule has 1 aliphatic rings. The highest BCUT2D eigenvalue weighted by Crippen LogP contribution is 2.21. The number of hydrogen-bond acceptors (Lipinski definition) is 5. The van der Waals surface area contributed by atoms with Crippen LogP contribution in [0.4, 0.5) is 0 Å². The standard InChI is InChI=1S/C14H32N6O/c1-11(20(3)16-2)18-14(15)19-13-7-5-12(6-8-13)17-9-10-21-4/h11-13,16-17H,5-10H2,1-4H3,(H3,15,18,19). The molecule has 21 heavy (non-hydrogen) atoms. The molecule has 0 amide bonds. The first-order valence-electron chi connectivity index (χ1n) is 7.79. The maximum absolute atomic E-state index is 5.98. The van der Waals surface area contributed by atoms with E-state index in [-0.39, 0.29) is 6.17 Å². The zero-order valence-corrected chi connectivity index (χ0v) is 13.9. The lowest BCUT2D eigenvalue weighted by molar-refractivity contribution is 0.181. The Morgan fingerprint density at radius 2 is 2.05 bits per heavy atom. The van der Waals surface area contributed by atoms with Gasteiger partial charge in [-0.15, -0.1) is 0 Å². The summed E-state index contributed by atoms with van der Waals surface area (Å²) in [5, 5.41) is 8.65. The smallest absolute Gasteiger partial charge is 0.190 e. The van der Waals surface area contributed by atoms with Crippen LogP contribution in [0.25, 0.3) is 0 Å². The molecular formula is C14H32N6O. The highest BCUT2D eigenvalue weighted by atomic mass is 16.5. The van der Waals surface area contributed by atoms with E-state index in [2.05, 4.69) is 21.1 Å². The van der Waals surface area contributed by atoms with E-state index in [0.29, 0.717) is 18.0 Å². The molecule has 1 aliphatic carbocycles. The van der Waals surface area contributed by atoms with Crippen molar-refractivity contribution in [2.45, 2.75) is 50.9 Å². The second-order valence-electron chi connectivity index (χ2n) is 5.62. The van der Waals surface area contributed by atoms with Gasteiger partial charge in [0, 0.05) is 26.7 Å². The first kappa shape index (κ1) is 18.2. The number of nitrogens with one attached hydrogen (secondary N) is 3. The van der Waals surface area contributed by atoms with Gasteiger partial charge in [0.1, 0.15) is 0 Å². The molecule has 1 saturated carbocycles. The lowest BCUT2D eigenvalue weighted by Crippen LogP contribution is -2.51. The predicted molar refractivity (Wildman–Crippen MR) is 87.0 cm³/mol. The lowest BCUT2D eigenvalue weighted by Gasteiger charge is -2.28. The van der Waals surface area contributed by atoms with Crippen molar-refractivity contribution in [1.82, 2.24) is 21.1 Å².